The van der Waals surface area contributed by atoms with E-state index >= 15 is 0 Å². The second-order valence-corrected chi connectivity index (χ2v) is 0.607. The van der Waals surface area contributed by atoms with Crippen LogP contribution >= 0.6 is 0 Å². The summed E-state index contributed by atoms with van der Waals surface area (Å²) in [6.45, 7) is 0. The van der Waals surface area contributed by atoms with E-state index in [-0.39, 0.29) is 39.9 Å². The molecule has 0 aliphatic carbocycles. The molecular formula is CeGdNiO3. The molecule has 0 heterocycles. The van der Waals surface area contributed by atoms with Crippen LogP contribution in [0.3, 0.4) is 0 Å². The zero-order valence-electron chi connectivity index (χ0n) is 2.39. The van der Waals surface area contributed by atoms with Gasteiger partial charge >= 0.3 is 59.0 Å². The van der Waals surface area contributed by atoms with Crippen LogP contribution in [-0.4, -0.2) is 0 Å². The van der Waals surface area contributed by atoms with Gasteiger partial charge in [0.25, 0.3) is 0 Å². The van der Waals surface area contributed by atoms with Gasteiger partial charge in [-0.25, -0.2) is 0 Å². The molecule has 6 heteroatoms. The van der Waals surface area contributed by atoms with Crippen LogP contribution in [0, 0.1) is 77.7 Å². The quantitative estimate of drug-likeness (QED) is 0.519. The fourth-order valence-electron chi connectivity index (χ4n) is 0. The molecule has 0 atom stereocenters. The Hall–Kier alpha value is 2.59. The van der Waals surface area contributed by atoms with E-state index in [2.05, 4.69) is 15.4 Å². The van der Waals surface area contributed by atoms with E-state index in [9.17, 15) is 0 Å². The third-order valence-corrected chi connectivity index (χ3v) is 0. The van der Waals surface area contributed by atoms with Gasteiger partial charge in [0.05, 0.1) is 0 Å². The van der Waals surface area contributed by atoms with E-state index in [0.717, 1.165) is 0 Å². The molecule has 0 aliphatic rings. The van der Waals surface area contributed by atoms with Gasteiger partial charge in [0.1, 0.15) is 0 Å². The monoisotopic (exact) mass is 404 g/mol. The third kappa shape index (κ3) is 30.7. The van der Waals surface area contributed by atoms with Gasteiger partial charge in [-0.1, -0.05) is 0 Å². The van der Waals surface area contributed by atoms with Crippen molar-refractivity contribution in [3.8, 4) is 0 Å². The van der Waals surface area contributed by atoms with E-state index in [1.54, 1.807) is 0 Å². The molecule has 0 aromatic rings. The minimum atomic E-state index is -2.42. The van der Waals surface area contributed by atoms with Crippen molar-refractivity contribution in [2.24, 2.45) is 0 Å². The molecule has 0 fully saturated rings. The van der Waals surface area contributed by atoms with E-state index < -0.39 is 37.8 Å². The Morgan fingerprint density at radius 1 is 1.17 bits per heavy atom. The number of hydrogen-bond donors (Lipinski definition) is 0. The summed E-state index contributed by atoms with van der Waals surface area (Å²) >= 11 is 0.208. The van der Waals surface area contributed by atoms with Crippen molar-refractivity contribution in [2.45, 2.75) is 0 Å². The summed E-state index contributed by atoms with van der Waals surface area (Å²) in [5, 5.41) is 0. The molecule has 40 valence electrons. The molecule has 0 aromatic carbocycles. The van der Waals surface area contributed by atoms with Crippen LogP contribution in [0.25, 0.3) is 0 Å². The zero-order chi connectivity index (χ0) is 4.71. The first-order valence-corrected chi connectivity index (χ1v) is 3.50. The van der Waals surface area contributed by atoms with Gasteiger partial charge < -0.3 is 0 Å². The Morgan fingerprint density at radius 2 is 1.17 bits per heavy atom. The predicted octanol–water partition coefficient (Wildman–Crippen LogP) is -0.359. The van der Waals surface area contributed by atoms with Crippen molar-refractivity contribution in [3.63, 3.8) is 0 Å². The average Bonchev–Trinajstić information content (AvgIpc) is 1.46. The van der Waals surface area contributed by atoms with Crippen molar-refractivity contribution in [2.75, 3.05) is 0 Å². The Morgan fingerprint density at radius 3 is 1.17 bits per heavy atom. The van der Waals surface area contributed by atoms with Crippen LogP contribution in [0.4, 0.5) is 0 Å². The van der Waals surface area contributed by atoms with Crippen LogP contribution in [0.1, 0.15) is 0 Å². The Labute approximate surface area is 96.2 Å². The summed E-state index contributed by atoms with van der Waals surface area (Å²) in [7, 11) is 0. The summed E-state index contributed by atoms with van der Waals surface area (Å²) < 4.78 is 25.0. The van der Waals surface area contributed by atoms with Crippen LogP contribution < -0.4 is 0 Å². The molecule has 0 amide bonds. The number of hydrogen-bond acceptors (Lipinski definition) is 3. The van der Waals surface area contributed by atoms with Gasteiger partial charge in [-0.2, -0.15) is 0 Å². The fourth-order valence-corrected chi connectivity index (χ4v) is 0. The fraction of sp³-hybridized carbons (Fsp3) is 0. The van der Waals surface area contributed by atoms with E-state index in [4.69, 9.17) is 5.77 Å². The van der Waals surface area contributed by atoms with Gasteiger partial charge in [0.2, 0.25) is 0 Å². The first kappa shape index (κ1) is 15.8. The van der Waals surface area contributed by atoms with E-state index in [1.807, 2.05) is 0 Å². The molecule has 0 aromatic heterocycles. The van der Waals surface area contributed by atoms with Gasteiger partial charge in [0.15, 0.2) is 0 Å². The first-order valence-electron chi connectivity index (χ1n) is 0.537. The molecule has 3 nitrogen and oxygen atoms in total. The molecule has 0 unspecified atom stereocenters. The van der Waals surface area contributed by atoms with Crippen LogP contribution in [0.5, 0.6) is 0 Å². The van der Waals surface area contributed by atoms with Crippen LogP contribution in [-0.2, 0) is 21.2 Å². The predicted molar refractivity (Wildman–Crippen MR) is 2.06 cm³/mol. The molecule has 0 rings (SSSR count). The Kier molecular flexibility index (Phi) is 67.5. The van der Waals surface area contributed by atoms with Gasteiger partial charge in [-0.3, -0.25) is 0 Å². The molecule has 0 radical (unpaired) electrons. The molecule has 0 N–H and O–H groups in total. The summed E-state index contributed by atoms with van der Waals surface area (Å²) in [5.41, 5.74) is 0. The second-order valence-electron chi connectivity index (χ2n) is 0.0833. The summed E-state index contributed by atoms with van der Waals surface area (Å²) in [6.07, 6.45) is 0. The number of rotatable bonds is 0. The van der Waals surface area contributed by atoms with E-state index in [0.29, 0.717) is 0 Å². The topological polar surface area (TPSA) is 51.2 Å². The second kappa shape index (κ2) is 25.6. The molecule has 0 aliphatic heterocycles. The molecular weight excluding hydrogens is 404 g/mol. The molecule has 6 heavy (non-hydrogen) atoms. The summed E-state index contributed by atoms with van der Waals surface area (Å²) in [5.74, 6) is 0. The first-order chi connectivity index (χ1) is 2.41. The van der Waals surface area contributed by atoms with Crippen molar-refractivity contribution < 1.29 is 98.9 Å². The maximum atomic E-state index is 8.57. The average molecular weight is 404 g/mol. The van der Waals surface area contributed by atoms with E-state index in [1.165, 1.54) is 0 Å². The molecule has 0 saturated heterocycles. The van der Waals surface area contributed by atoms with Crippen LogP contribution in [0.2, 0.25) is 0 Å². The molecule has 0 saturated carbocycles. The normalized spacial score (nSPS) is 2.33. The molecule has 0 bridgehead atoms. The minimum absolute atomic E-state index is 0. The standard InChI is InChI=1S/Ce.Gd.Ni.3O. The molecule has 0 spiro atoms. The van der Waals surface area contributed by atoms with Crippen molar-refractivity contribution in [1.82, 2.24) is 0 Å². The summed E-state index contributed by atoms with van der Waals surface area (Å²) in [6, 6.07) is 0. The SMILES string of the molecule is [Gd].[O]=[Ce]=[O].[O]=[Ni]. The summed E-state index contributed by atoms with van der Waals surface area (Å²) in [4.78, 5) is 0. The Bertz CT molecular complexity index is 40.1. The van der Waals surface area contributed by atoms with Crippen LogP contribution in [0.15, 0.2) is 0 Å². The Balaban J connectivity index is -0.0000000275. The van der Waals surface area contributed by atoms with Crippen molar-refractivity contribution in [3.05, 3.63) is 0 Å². The van der Waals surface area contributed by atoms with Gasteiger partial charge in [-0.15, -0.1) is 0 Å². The zero-order valence-corrected chi connectivity index (χ0v) is 8.79. The van der Waals surface area contributed by atoms with Gasteiger partial charge in [-0.05, 0) is 0 Å². The van der Waals surface area contributed by atoms with Crippen molar-refractivity contribution >= 4 is 0 Å². The third-order valence-electron chi connectivity index (χ3n) is 0. The van der Waals surface area contributed by atoms with Gasteiger partial charge in [0, 0.05) is 39.9 Å². The maximum absolute atomic E-state index is 8.57. The van der Waals surface area contributed by atoms with Crippen molar-refractivity contribution in [1.29, 1.82) is 0 Å².